The molecule has 9 nitrogen and oxygen atoms in total. The molecule has 3 N–H and O–H groups in total. The minimum atomic E-state index is -1.03. The van der Waals surface area contributed by atoms with Crippen LogP contribution in [0.15, 0.2) is 54.6 Å². The predicted molar refractivity (Wildman–Crippen MR) is 129 cm³/mol. The first-order valence-corrected chi connectivity index (χ1v) is 11.4. The lowest BCUT2D eigenvalue weighted by Crippen LogP contribution is -2.52. The normalized spacial score (nSPS) is 18.3. The number of anilines is 1. The van der Waals surface area contributed by atoms with Crippen LogP contribution >= 0.6 is 0 Å². The van der Waals surface area contributed by atoms with E-state index in [1.54, 1.807) is 12.1 Å². The number of rotatable bonds is 7. The van der Waals surface area contributed by atoms with Crippen molar-refractivity contribution in [3.05, 3.63) is 65.7 Å². The molecule has 1 fully saturated rings. The molecule has 2 aromatic rings. The fourth-order valence-electron chi connectivity index (χ4n) is 3.62. The molecule has 0 saturated carbocycles. The Morgan fingerprint density at radius 1 is 1.03 bits per heavy atom. The summed E-state index contributed by atoms with van der Waals surface area (Å²) in [5.41, 5.74) is 2.05. The van der Waals surface area contributed by atoms with Crippen molar-refractivity contribution in [1.29, 1.82) is 0 Å². The van der Waals surface area contributed by atoms with Gasteiger partial charge in [0, 0.05) is 5.69 Å². The number of cyclic esters (lactones) is 1. The van der Waals surface area contributed by atoms with Crippen LogP contribution in [0.3, 0.4) is 0 Å². The zero-order chi connectivity index (χ0) is 25.6. The van der Waals surface area contributed by atoms with Crippen molar-refractivity contribution < 1.29 is 28.7 Å². The Morgan fingerprint density at radius 3 is 2.37 bits per heavy atom. The number of ether oxygens (including phenoxy) is 2. The molecule has 35 heavy (non-hydrogen) atoms. The van der Waals surface area contributed by atoms with E-state index in [0.29, 0.717) is 5.69 Å². The second-order valence-electron chi connectivity index (χ2n) is 9.42. The standard InChI is InChI=1S/C26H31N3O6/c1-16(27-23(32)24(33)28-19-13-9-8-12-18(19)26(2,3)4)22(31)29-20-14-21(30)35-25(20)34-15-17-10-6-5-7-11-17/h5-13,16,20,25H,14-15H2,1-4H3,(H,27,32)(H,28,33)(H,29,31). The van der Waals surface area contributed by atoms with Gasteiger partial charge in [-0.2, -0.15) is 0 Å². The summed E-state index contributed by atoms with van der Waals surface area (Å²) >= 11 is 0. The highest BCUT2D eigenvalue weighted by Gasteiger charge is 2.37. The van der Waals surface area contributed by atoms with Crippen LogP contribution in [0.1, 0.15) is 45.2 Å². The second-order valence-corrected chi connectivity index (χ2v) is 9.42. The minimum Gasteiger partial charge on any atom is -0.433 e. The van der Waals surface area contributed by atoms with Gasteiger partial charge in [-0.3, -0.25) is 19.2 Å². The average molecular weight is 482 g/mol. The molecule has 1 aliphatic heterocycles. The maximum Gasteiger partial charge on any atom is 0.313 e. The van der Waals surface area contributed by atoms with Gasteiger partial charge in [0.1, 0.15) is 12.1 Å². The van der Waals surface area contributed by atoms with Crippen LogP contribution in [0.4, 0.5) is 5.69 Å². The summed E-state index contributed by atoms with van der Waals surface area (Å²) in [5.74, 6) is -2.91. The highest BCUT2D eigenvalue weighted by Crippen LogP contribution is 2.29. The van der Waals surface area contributed by atoms with Gasteiger partial charge in [0.15, 0.2) is 0 Å². The van der Waals surface area contributed by atoms with Gasteiger partial charge >= 0.3 is 17.8 Å². The van der Waals surface area contributed by atoms with Gasteiger partial charge in [-0.15, -0.1) is 0 Å². The quantitative estimate of drug-likeness (QED) is 0.412. The van der Waals surface area contributed by atoms with Crippen LogP contribution in [0.25, 0.3) is 0 Å². The fourth-order valence-corrected chi connectivity index (χ4v) is 3.62. The summed E-state index contributed by atoms with van der Waals surface area (Å²) < 4.78 is 10.8. The molecule has 1 saturated heterocycles. The Balaban J connectivity index is 1.54. The van der Waals surface area contributed by atoms with Crippen LogP contribution < -0.4 is 16.0 Å². The summed E-state index contributed by atoms with van der Waals surface area (Å²) in [5, 5.41) is 7.66. The molecule has 0 aromatic heterocycles. The summed E-state index contributed by atoms with van der Waals surface area (Å²) in [6, 6.07) is 14.8. The maximum atomic E-state index is 12.6. The molecule has 3 rings (SSSR count). The van der Waals surface area contributed by atoms with E-state index in [0.717, 1.165) is 11.1 Å². The van der Waals surface area contributed by atoms with Crippen molar-refractivity contribution in [1.82, 2.24) is 10.6 Å². The number of hydrogen-bond acceptors (Lipinski definition) is 6. The van der Waals surface area contributed by atoms with Crippen LogP contribution in [-0.2, 0) is 40.7 Å². The van der Waals surface area contributed by atoms with Crippen molar-refractivity contribution in [3.63, 3.8) is 0 Å². The van der Waals surface area contributed by atoms with Crippen molar-refractivity contribution in [2.75, 3.05) is 5.32 Å². The molecule has 1 aliphatic rings. The maximum absolute atomic E-state index is 12.6. The summed E-state index contributed by atoms with van der Waals surface area (Å²) in [7, 11) is 0. The van der Waals surface area contributed by atoms with Gasteiger partial charge in [0.25, 0.3) is 0 Å². The molecule has 3 unspecified atom stereocenters. The molecular weight excluding hydrogens is 450 g/mol. The lowest BCUT2D eigenvalue weighted by molar-refractivity contribution is -0.168. The van der Waals surface area contributed by atoms with Crippen LogP contribution in [0.5, 0.6) is 0 Å². The van der Waals surface area contributed by atoms with Gasteiger partial charge in [-0.1, -0.05) is 69.3 Å². The van der Waals surface area contributed by atoms with E-state index < -0.39 is 42.1 Å². The lowest BCUT2D eigenvalue weighted by Gasteiger charge is -2.23. The third kappa shape index (κ3) is 7.13. The van der Waals surface area contributed by atoms with Gasteiger partial charge in [0.05, 0.1) is 13.0 Å². The van der Waals surface area contributed by atoms with Crippen molar-refractivity contribution in [2.24, 2.45) is 0 Å². The Kier molecular flexibility index (Phi) is 8.24. The number of amides is 3. The number of carbonyl (C=O) groups excluding carboxylic acids is 4. The molecule has 2 aromatic carbocycles. The first-order chi connectivity index (χ1) is 16.5. The number of nitrogens with one attached hydrogen (secondary N) is 3. The van der Waals surface area contributed by atoms with E-state index in [1.807, 2.05) is 63.2 Å². The number of para-hydroxylation sites is 1. The summed E-state index contributed by atoms with van der Waals surface area (Å²) in [4.78, 5) is 49.3. The third-order valence-electron chi connectivity index (χ3n) is 5.48. The highest BCUT2D eigenvalue weighted by molar-refractivity contribution is 6.40. The monoisotopic (exact) mass is 481 g/mol. The number of benzene rings is 2. The van der Waals surface area contributed by atoms with Crippen molar-refractivity contribution in [2.45, 2.75) is 64.5 Å². The van der Waals surface area contributed by atoms with Gasteiger partial charge < -0.3 is 25.4 Å². The Hall–Kier alpha value is -3.72. The van der Waals surface area contributed by atoms with E-state index in [2.05, 4.69) is 16.0 Å². The topological polar surface area (TPSA) is 123 Å². The molecule has 0 radical (unpaired) electrons. The molecule has 0 bridgehead atoms. The van der Waals surface area contributed by atoms with Crippen LogP contribution in [-0.4, -0.2) is 42.1 Å². The van der Waals surface area contributed by atoms with Gasteiger partial charge in [-0.05, 0) is 29.5 Å². The number of esters is 1. The smallest absolute Gasteiger partial charge is 0.313 e. The third-order valence-corrected chi connectivity index (χ3v) is 5.48. The first-order valence-electron chi connectivity index (χ1n) is 11.4. The Morgan fingerprint density at radius 2 is 1.69 bits per heavy atom. The zero-order valence-corrected chi connectivity index (χ0v) is 20.3. The molecule has 0 aliphatic carbocycles. The fraction of sp³-hybridized carbons (Fsp3) is 0.385. The second kappa shape index (κ2) is 11.1. The molecule has 0 spiro atoms. The van der Waals surface area contributed by atoms with Crippen molar-refractivity contribution >= 4 is 29.4 Å². The molecule has 3 amide bonds. The molecular formula is C26H31N3O6. The van der Waals surface area contributed by atoms with E-state index in [-0.39, 0.29) is 18.4 Å². The average Bonchev–Trinajstić information content (AvgIpc) is 3.16. The summed E-state index contributed by atoms with van der Waals surface area (Å²) in [6.07, 6.45) is -1.01. The first kappa shape index (κ1) is 25.9. The van der Waals surface area contributed by atoms with Gasteiger partial charge in [0.2, 0.25) is 12.2 Å². The van der Waals surface area contributed by atoms with Gasteiger partial charge in [-0.25, -0.2) is 0 Å². The van der Waals surface area contributed by atoms with E-state index in [1.165, 1.54) is 6.92 Å². The molecule has 3 atom stereocenters. The SMILES string of the molecule is CC(NC(=O)C(=O)Nc1ccccc1C(C)(C)C)C(=O)NC1CC(=O)OC1OCc1ccccc1. The lowest BCUT2D eigenvalue weighted by atomic mass is 9.86. The molecule has 1 heterocycles. The van der Waals surface area contributed by atoms with E-state index in [9.17, 15) is 19.2 Å². The number of hydrogen-bond donors (Lipinski definition) is 3. The predicted octanol–water partition coefficient (Wildman–Crippen LogP) is 2.40. The largest absolute Gasteiger partial charge is 0.433 e. The van der Waals surface area contributed by atoms with Crippen LogP contribution in [0, 0.1) is 0 Å². The van der Waals surface area contributed by atoms with Crippen molar-refractivity contribution in [3.8, 4) is 0 Å². The molecule has 9 heteroatoms. The van der Waals surface area contributed by atoms with E-state index >= 15 is 0 Å². The minimum absolute atomic E-state index is 0.0596. The molecule has 186 valence electrons. The number of carbonyl (C=O) groups is 4. The summed E-state index contributed by atoms with van der Waals surface area (Å²) in [6.45, 7) is 7.64. The Labute approximate surface area is 204 Å². The highest BCUT2D eigenvalue weighted by atomic mass is 16.7. The van der Waals surface area contributed by atoms with E-state index in [4.69, 9.17) is 9.47 Å². The zero-order valence-electron chi connectivity index (χ0n) is 20.3. The Bertz CT molecular complexity index is 1080. The van der Waals surface area contributed by atoms with Crippen LogP contribution in [0.2, 0.25) is 0 Å².